The average molecular weight is 483 g/mol. The number of hydrogen-bond donors (Lipinski definition) is 0. The molecular weight excluding hydrogens is 428 g/mol. The van der Waals surface area contributed by atoms with Gasteiger partial charge in [0.05, 0.1) is 13.2 Å². The first-order valence-electron chi connectivity index (χ1n) is 14.4. The molecule has 1 rings (SSSR count). The topological polar surface area (TPSA) is 59.1 Å². The van der Waals surface area contributed by atoms with Gasteiger partial charge >= 0.3 is 0 Å². The molecule has 1 aliphatic rings. The quantitative estimate of drug-likeness (QED) is 0.360. The maximum atomic E-state index is 12.7. The first kappa shape index (κ1) is 30.9. The normalized spacial score (nSPS) is 19.4. The summed E-state index contributed by atoms with van der Waals surface area (Å²) in [6.07, 6.45) is 18.9. The van der Waals surface area contributed by atoms with Gasteiger partial charge in [-0.3, -0.25) is 9.59 Å². The summed E-state index contributed by atoms with van der Waals surface area (Å²) in [7, 11) is 0. The minimum atomic E-state index is 0.0835. The van der Waals surface area contributed by atoms with Crippen molar-refractivity contribution in [1.29, 1.82) is 0 Å². The number of unbranched alkanes of at least 4 members (excludes halogenated alkanes) is 6. The number of carbonyl (C=O) groups is 2. The Kier molecular flexibility index (Phi) is 20.3. The number of carbonyl (C=O) groups excluding carboxylic acids is 2. The highest BCUT2D eigenvalue weighted by atomic mass is 16.5. The maximum Gasteiger partial charge on any atom is 0.248 e. The van der Waals surface area contributed by atoms with Crippen molar-refractivity contribution in [1.82, 2.24) is 9.80 Å². The van der Waals surface area contributed by atoms with E-state index in [0.717, 1.165) is 51.9 Å². The van der Waals surface area contributed by atoms with Gasteiger partial charge in [-0.05, 0) is 25.7 Å². The summed E-state index contributed by atoms with van der Waals surface area (Å²) in [6.45, 7) is 8.67. The molecule has 34 heavy (non-hydrogen) atoms. The number of amides is 2. The summed E-state index contributed by atoms with van der Waals surface area (Å²) < 4.78 is 11.2. The smallest absolute Gasteiger partial charge is 0.248 e. The van der Waals surface area contributed by atoms with Crippen molar-refractivity contribution in [3.63, 3.8) is 0 Å². The van der Waals surface area contributed by atoms with E-state index in [2.05, 4.69) is 13.8 Å². The van der Waals surface area contributed by atoms with E-state index < -0.39 is 0 Å². The molecule has 200 valence electrons. The summed E-state index contributed by atoms with van der Waals surface area (Å²) in [5, 5.41) is 0. The predicted octanol–water partition coefficient (Wildman–Crippen LogP) is 5.97. The molecule has 0 unspecified atom stereocenters. The van der Waals surface area contributed by atoms with E-state index in [1.54, 1.807) is 0 Å². The van der Waals surface area contributed by atoms with Crippen molar-refractivity contribution in [2.45, 2.75) is 117 Å². The van der Waals surface area contributed by atoms with E-state index in [1.165, 1.54) is 77.0 Å². The summed E-state index contributed by atoms with van der Waals surface area (Å²) in [5.74, 6) is 0.167. The van der Waals surface area contributed by atoms with Crippen LogP contribution in [0.5, 0.6) is 0 Å². The van der Waals surface area contributed by atoms with Crippen LogP contribution in [0.2, 0.25) is 0 Å². The van der Waals surface area contributed by atoms with Crippen LogP contribution in [0, 0.1) is 0 Å². The van der Waals surface area contributed by atoms with E-state index in [0.29, 0.717) is 13.2 Å². The van der Waals surface area contributed by atoms with Gasteiger partial charge in [-0.1, -0.05) is 90.9 Å². The molecule has 1 heterocycles. The zero-order valence-corrected chi connectivity index (χ0v) is 22.5. The lowest BCUT2D eigenvalue weighted by Gasteiger charge is -2.24. The van der Waals surface area contributed by atoms with Crippen molar-refractivity contribution in [3.05, 3.63) is 0 Å². The molecule has 0 radical (unpaired) electrons. The fourth-order valence-electron chi connectivity index (χ4n) is 4.47. The van der Waals surface area contributed by atoms with Crippen LogP contribution >= 0.6 is 0 Å². The molecule has 6 heteroatoms. The Morgan fingerprint density at radius 2 is 0.941 bits per heavy atom. The second kappa shape index (κ2) is 22.3. The monoisotopic (exact) mass is 482 g/mol. The molecule has 0 N–H and O–H groups in total. The van der Waals surface area contributed by atoms with E-state index in [1.807, 2.05) is 9.80 Å². The SMILES string of the molecule is CCCCCCN1CCCCCCCCCCN(CCCCCC)C(=O)COCCOCC1=O. The van der Waals surface area contributed by atoms with Crippen LogP contribution < -0.4 is 0 Å². The van der Waals surface area contributed by atoms with Gasteiger partial charge in [0.1, 0.15) is 13.2 Å². The van der Waals surface area contributed by atoms with Gasteiger partial charge in [0, 0.05) is 26.2 Å². The highest BCUT2D eigenvalue weighted by Crippen LogP contribution is 2.12. The molecule has 0 bridgehead atoms. The molecule has 0 spiro atoms. The summed E-state index contributed by atoms with van der Waals surface area (Å²) in [6, 6.07) is 0. The Balaban J connectivity index is 2.51. The molecule has 0 aromatic carbocycles. The van der Waals surface area contributed by atoms with Crippen molar-refractivity contribution in [3.8, 4) is 0 Å². The largest absolute Gasteiger partial charge is 0.369 e. The first-order valence-corrected chi connectivity index (χ1v) is 14.4. The van der Waals surface area contributed by atoms with Crippen molar-refractivity contribution in [2.75, 3.05) is 52.6 Å². The molecule has 1 saturated heterocycles. The molecule has 0 aromatic rings. The fraction of sp³-hybridized carbons (Fsp3) is 0.929. The summed E-state index contributed by atoms with van der Waals surface area (Å²) in [5.41, 5.74) is 0. The van der Waals surface area contributed by atoms with Crippen molar-refractivity contribution >= 4 is 11.8 Å². The molecule has 6 nitrogen and oxygen atoms in total. The predicted molar refractivity (Wildman–Crippen MR) is 140 cm³/mol. The standard InChI is InChI=1S/C28H54N2O4/c1-3-5-7-15-19-29-21-17-13-11-9-10-12-14-18-22-30(20-16-8-6-4-2)28(32)26-34-24-23-33-25-27(29)31/h3-26H2,1-2H3. The number of rotatable bonds is 10. The highest BCUT2D eigenvalue weighted by Gasteiger charge is 2.15. The van der Waals surface area contributed by atoms with Gasteiger partial charge in [-0.25, -0.2) is 0 Å². The molecular formula is C28H54N2O4. The number of ether oxygens (including phenoxy) is 2. The van der Waals surface area contributed by atoms with Crippen LogP contribution in [0.1, 0.15) is 117 Å². The van der Waals surface area contributed by atoms with Gasteiger partial charge in [0.15, 0.2) is 0 Å². The Morgan fingerprint density at radius 1 is 0.559 bits per heavy atom. The second-order valence-corrected chi connectivity index (χ2v) is 9.82. The van der Waals surface area contributed by atoms with Gasteiger partial charge < -0.3 is 19.3 Å². The third-order valence-electron chi connectivity index (χ3n) is 6.70. The summed E-state index contributed by atoms with van der Waals surface area (Å²) in [4.78, 5) is 29.4. The van der Waals surface area contributed by atoms with Gasteiger partial charge in [-0.15, -0.1) is 0 Å². The number of nitrogens with zero attached hydrogens (tertiary/aromatic N) is 2. The van der Waals surface area contributed by atoms with Gasteiger partial charge in [0.2, 0.25) is 11.8 Å². The van der Waals surface area contributed by atoms with Crippen molar-refractivity contribution in [2.24, 2.45) is 0 Å². The van der Waals surface area contributed by atoms with Crippen LogP contribution in [0.3, 0.4) is 0 Å². The van der Waals surface area contributed by atoms with Crippen LogP contribution in [0.15, 0.2) is 0 Å². The van der Waals surface area contributed by atoms with Crippen molar-refractivity contribution < 1.29 is 19.1 Å². The summed E-state index contributed by atoms with van der Waals surface area (Å²) >= 11 is 0. The third kappa shape index (κ3) is 16.5. The molecule has 0 aliphatic carbocycles. The lowest BCUT2D eigenvalue weighted by molar-refractivity contribution is -0.140. The Labute approximate surface area is 210 Å². The Bertz CT molecular complexity index is 457. The third-order valence-corrected chi connectivity index (χ3v) is 6.70. The molecule has 0 atom stereocenters. The number of hydrogen-bond acceptors (Lipinski definition) is 4. The fourth-order valence-corrected chi connectivity index (χ4v) is 4.47. The molecule has 0 saturated carbocycles. The zero-order valence-electron chi connectivity index (χ0n) is 22.5. The second-order valence-electron chi connectivity index (χ2n) is 9.82. The Hall–Kier alpha value is -1.14. The van der Waals surface area contributed by atoms with Crippen LogP contribution in [-0.4, -0.2) is 74.2 Å². The van der Waals surface area contributed by atoms with Gasteiger partial charge in [0.25, 0.3) is 0 Å². The molecule has 1 aliphatic heterocycles. The first-order chi connectivity index (χ1) is 16.7. The van der Waals surface area contributed by atoms with E-state index in [9.17, 15) is 9.59 Å². The maximum absolute atomic E-state index is 12.7. The Morgan fingerprint density at radius 3 is 1.32 bits per heavy atom. The van der Waals surface area contributed by atoms with E-state index in [4.69, 9.17) is 9.47 Å². The average Bonchev–Trinajstić information content (AvgIpc) is 2.84. The minimum absolute atomic E-state index is 0.0835. The van der Waals surface area contributed by atoms with Crippen LogP contribution in [0.4, 0.5) is 0 Å². The molecule has 2 amide bonds. The van der Waals surface area contributed by atoms with Crippen LogP contribution in [0.25, 0.3) is 0 Å². The molecule has 1 fully saturated rings. The van der Waals surface area contributed by atoms with E-state index >= 15 is 0 Å². The van der Waals surface area contributed by atoms with E-state index in [-0.39, 0.29) is 25.0 Å². The minimum Gasteiger partial charge on any atom is -0.369 e. The molecule has 0 aromatic heterocycles. The highest BCUT2D eigenvalue weighted by molar-refractivity contribution is 5.77. The zero-order chi connectivity index (χ0) is 24.7. The van der Waals surface area contributed by atoms with Gasteiger partial charge in [-0.2, -0.15) is 0 Å². The lowest BCUT2D eigenvalue weighted by Crippen LogP contribution is -2.37. The van der Waals surface area contributed by atoms with Crippen LogP contribution in [-0.2, 0) is 19.1 Å². The lowest BCUT2D eigenvalue weighted by atomic mass is 10.1.